The Balaban J connectivity index is 1.77. The van der Waals surface area contributed by atoms with Gasteiger partial charge in [-0.25, -0.2) is 4.98 Å². The first-order chi connectivity index (χ1) is 9.79. The molecule has 0 atom stereocenters. The van der Waals surface area contributed by atoms with Crippen LogP contribution in [0.25, 0.3) is 11.0 Å². The fraction of sp³-hybridized carbons (Fsp3) is 0.400. The van der Waals surface area contributed by atoms with E-state index in [0.717, 1.165) is 29.7 Å². The Morgan fingerprint density at radius 3 is 2.80 bits per heavy atom. The number of hydrogen-bond acceptors (Lipinski definition) is 4. The Morgan fingerprint density at radius 1 is 1.20 bits per heavy atom. The lowest BCUT2D eigenvalue weighted by atomic mass is 10.3. The molecule has 5 nitrogen and oxygen atoms in total. The quantitative estimate of drug-likeness (QED) is 0.752. The molecular weight excluding hydrogens is 252 g/mol. The van der Waals surface area contributed by atoms with Gasteiger partial charge in [-0.3, -0.25) is 9.78 Å². The van der Waals surface area contributed by atoms with Crippen LogP contribution >= 0.6 is 0 Å². The number of aromatic nitrogens is 2. The number of carbonyl (C=O) groups is 1. The molecule has 1 heterocycles. The van der Waals surface area contributed by atoms with Crippen LogP contribution in [0.5, 0.6) is 0 Å². The first-order valence-electron chi connectivity index (χ1n) is 6.97. The van der Waals surface area contributed by atoms with Crippen LogP contribution in [-0.2, 0) is 11.3 Å². The van der Waals surface area contributed by atoms with Gasteiger partial charge in [0, 0.05) is 26.1 Å². The van der Waals surface area contributed by atoms with Gasteiger partial charge < -0.3 is 10.6 Å². The van der Waals surface area contributed by atoms with E-state index < -0.39 is 0 Å². The lowest BCUT2D eigenvalue weighted by Gasteiger charge is -2.06. The molecule has 1 amide bonds. The Bertz CT molecular complexity index is 571. The second kappa shape index (κ2) is 7.55. The van der Waals surface area contributed by atoms with Crippen molar-refractivity contribution in [1.29, 1.82) is 0 Å². The normalized spacial score (nSPS) is 10.7. The van der Waals surface area contributed by atoms with Crippen LogP contribution in [-0.4, -0.2) is 29.0 Å². The summed E-state index contributed by atoms with van der Waals surface area (Å²) in [4.78, 5) is 20.3. The number of fused-ring (bicyclic) bond motifs is 1. The van der Waals surface area contributed by atoms with E-state index >= 15 is 0 Å². The SMILES string of the molecule is CCCNC(=O)CCNCc1cnc2ccccc2n1. The second-order valence-corrected chi connectivity index (χ2v) is 4.63. The van der Waals surface area contributed by atoms with Gasteiger partial charge in [0.15, 0.2) is 0 Å². The maximum atomic E-state index is 11.4. The molecule has 0 unspecified atom stereocenters. The third-order valence-corrected chi connectivity index (χ3v) is 2.91. The molecule has 0 aliphatic rings. The van der Waals surface area contributed by atoms with Gasteiger partial charge in [-0.2, -0.15) is 0 Å². The number of amides is 1. The van der Waals surface area contributed by atoms with Gasteiger partial charge in [0.05, 0.1) is 22.9 Å². The summed E-state index contributed by atoms with van der Waals surface area (Å²) in [6.07, 6.45) is 3.22. The standard InChI is InChI=1S/C15H20N4O/c1-2-8-17-15(20)7-9-16-10-12-11-18-13-5-3-4-6-14(13)19-12/h3-6,11,16H,2,7-10H2,1H3,(H,17,20). The number of nitrogens with zero attached hydrogens (tertiary/aromatic N) is 2. The maximum Gasteiger partial charge on any atom is 0.221 e. The molecule has 2 N–H and O–H groups in total. The van der Waals surface area contributed by atoms with Crippen molar-refractivity contribution in [3.63, 3.8) is 0 Å². The first-order valence-corrected chi connectivity index (χ1v) is 6.97. The Morgan fingerprint density at radius 2 is 2.00 bits per heavy atom. The highest BCUT2D eigenvalue weighted by atomic mass is 16.1. The van der Waals surface area contributed by atoms with Crippen molar-refractivity contribution in [3.05, 3.63) is 36.2 Å². The molecule has 0 spiro atoms. The summed E-state index contributed by atoms with van der Waals surface area (Å²) >= 11 is 0. The van der Waals surface area contributed by atoms with Crippen molar-refractivity contribution in [2.75, 3.05) is 13.1 Å². The van der Waals surface area contributed by atoms with Gasteiger partial charge in [-0.05, 0) is 18.6 Å². The molecule has 1 aromatic carbocycles. The van der Waals surface area contributed by atoms with Gasteiger partial charge in [0.2, 0.25) is 5.91 Å². The molecule has 0 aliphatic carbocycles. The Hall–Kier alpha value is -2.01. The van der Waals surface area contributed by atoms with E-state index in [4.69, 9.17) is 0 Å². The molecule has 0 fully saturated rings. The van der Waals surface area contributed by atoms with Crippen molar-refractivity contribution < 1.29 is 4.79 Å². The number of carbonyl (C=O) groups excluding carboxylic acids is 1. The van der Waals surface area contributed by atoms with E-state index in [2.05, 4.69) is 20.6 Å². The van der Waals surface area contributed by atoms with Crippen molar-refractivity contribution in [2.45, 2.75) is 26.3 Å². The molecule has 1 aromatic heterocycles. The predicted octanol–water partition coefficient (Wildman–Crippen LogP) is 1.64. The van der Waals surface area contributed by atoms with E-state index in [1.807, 2.05) is 31.2 Å². The molecule has 0 radical (unpaired) electrons. The van der Waals surface area contributed by atoms with Gasteiger partial charge >= 0.3 is 0 Å². The Kier molecular flexibility index (Phi) is 5.43. The van der Waals surface area contributed by atoms with Crippen molar-refractivity contribution in [1.82, 2.24) is 20.6 Å². The summed E-state index contributed by atoms with van der Waals surface area (Å²) in [6, 6.07) is 7.79. The van der Waals surface area contributed by atoms with Crippen molar-refractivity contribution in [2.24, 2.45) is 0 Å². The number of nitrogens with one attached hydrogen (secondary N) is 2. The average molecular weight is 272 g/mol. The van der Waals surface area contributed by atoms with Crippen molar-refractivity contribution >= 4 is 16.9 Å². The summed E-state index contributed by atoms with van der Waals surface area (Å²) in [5.41, 5.74) is 2.68. The fourth-order valence-electron chi connectivity index (χ4n) is 1.85. The third kappa shape index (κ3) is 4.28. The number of benzene rings is 1. The smallest absolute Gasteiger partial charge is 0.221 e. The fourth-order valence-corrected chi connectivity index (χ4v) is 1.85. The lowest BCUT2D eigenvalue weighted by molar-refractivity contribution is -0.120. The van der Waals surface area contributed by atoms with E-state index in [9.17, 15) is 4.79 Å². The number of rotatable bonds is 7. The zero-order chi connectivity index (χ0) is 14.2. The number of para-hydroxylation sites is 2. The highest BCUT2D eigenvalue weighted by Crippen LogP contribution is 2.08. The van der Waals surface area contributed by atoms with Crippen LogP contribution in [0.15, 0.2) is 30.5 Å². The monoisotopic (exact) mass is 272 g/mol. The van der Waals surface area contributed by atoms with Crippen LogP contribution in [0.1, 0.15) is 25.5 Å². The minimum Gasteiger partial charge on any atom is -0.356 e. The predicted molar refractivity (Wildman–Crippen MR) is 79.2 cm³/mol. The molecule has 0 aliphatic heterocycles. The van der Waals surface area contributed by atoms with Crippen molar-refractivity contribution in [3.8, 4) is 0 Å². The van der Waals surface area contributed by atoms with E-state index in [0.29, 0.717) is 19.5 Å². The van der Waals surface area contributed by atoms with Crippen LogP contribution in [0.2, 0.25) is 0 Å². The molecule has 0 bridgehead atoms. The third-order valence-electron chi connectivity index (χ3n) is 2.91. The van der Waals surface area contributed by atoms with Crippen LogP contribution < -0.4 is 10.6 Å². The van der Waals surface area contributed by atoms with Crippen LogP contribution in [0.4, 0.5) is 0 Å². The summed E-state index contributed by atoms with van der Waals surface area (Å²) in [5.74, 6) is 0.0870. The van der Waals surface area contributed by atoms with Crippen LogP contribution in [0.3, 0.4) is 0 Å². The number of hydrogen-bond donors (Lipinski definition) is 2. The molecule has 2 rings (SSSR count). The highest BCUT2D eigenvalue weighted by molar-refractivity contribution is 5.76. The first kappa shape index (κ1) is 14.4. The zero-order valence-electron chi connectivity index (χ0n) is 11.7. The molecule has 0 saturated heterocycles. The topological polar surface area (TPSA) is 66.9 Å². The molecule has 5 heteroatoms. The molecule has 20 heavy (non-hydrogen) atoms. The summed E-state index contributed by atoms with van der Waals surface area (Å²) < 4.78 is 0. The summed E-state index contributed by atoms with van der Waals surface area (Å²) in [7, 11) is 0. The molecular formula is C15H20N4O. The van der Waals surface area contributed by atoms with E-state index in [-0.39, 0.29) is 5.91 Å². The molecule has 106 valence electrons. The highest BCUT2D eigenvalue weighted by Gasteiger charge is 2.01. The van der Waals surface area contributed by atoms with Gasteiger partial charge in [-0.1, -0.05) is 19.1 Å². The molecule has 2 aromatic rings. The van der Waals surface area contributed by atoms with E-state index in [1.165, 1.54) is 0 Å². The Labute approximate surface area is 118 Å². The summed E-state index contributed by atoms with van der Waals surface area (Å²) in [6.45, 7) is 4.05. The minimum absolute atomic E-state index is 0.0870. The second-order valence-electron chi connectivity index (χ2n) is 4.63. The van der Waals surface area contributed by atoms with Gasteiger partial charge in [0.25, 0.3) is 0 Å². The van der Waals surface area contributed by atoms with Crippen LogP contribution in [0, 0.1) is 0 Å². The van der Waals surface area contributed by atoms with Gasteiger partial charge in [0.1, 0.15) is 0 Å². The van der Waals surface area contributed by atoms with E-state index in [1.54, 1.807) is 6.20 Å². The van der Waals surface area contributed by atoms with Gasteiger partial charge in [-0.15, -0.1) is 0 Å². The molecule has 0 saturated carbocycles. The average Bonchev–Trinajstić information content (AvgIpc) is 2.49. The summed E-state index contributed by atoms with van der Waals surface area (Å²) in [5, 5.41) is 6.06. The maximum absolute atomic E-state index is 11.4. The minimum atomic E-state index is 0.0870. The largest absolute Gasteiger partial charge is 0.356 e. The lowest BCUT2D eigenvalue weighted by Crippen LogP contribution is -2.28. The zero-order valence-corrected chi connectivity index (χ0v) is 11.7.